The normalized spacial score (nSPS) is 11.1. The standard InChI is InChI=1S/C27H28N4O2/c1-3-14-31(2)17-19-8-10-20(11-9-19)21-15-24-22(6-4-12-29-24)26(16-21)33-18-25-23(27(28)32)7-5-13-30-25/h4-13,15-16H,3,14,17-18H2,1-2H3,(H2,28,32). The molecule has 4 rings (SSSR count). The summed E-state index contributed by atoms with van der Waals surface area (Å²) in [6.07, 6.45) is 4.54. The van der Waals surface area contributed by atoms with Crippen molar-refractivity contribution in [1.29, 1.82) is 0 Å². The molecule has 4 aromatic rings. The predicted octanol–water partition coefficient (Wildman–Crippen LogP) is 4.82. The van der Waals surface area contributed by atoms with Crippen LogP contribution in [-0.2, 0) is 13.2 Å². The van der Waals surface area contributed by atoms with Crippen molar-refractivity contribution in [3.63, 3.8) is 0 Å². The first-order chi connectivity index (χ1) is 16.0. The van der Waals surface area contributed by atoms with Gasteiger partial charge in [-0.05, 0) is 73.1 Å². The van der Waals surface area contributed by atoms with Crippen LogP contribution >= 0.6 is 0 Å². The van der Waals surface area contributed by atoms with Gasteiger partial charge in [0.2, 0.25) is 0 Å². The van der Waals surface area contributed by atoms with Crippen molar-refractivity contribution in [1.82, 2.24) is 14.9 Å². The number of benzene rings is 2. The Hall–Kier alpha value is -3.77. The summed E-state index contributed by atoms with van der Waals surface area (Å²) in [7, 11) is 2.14. The Morgan fingerprint density at radius 2 is 1.76 bits per heavy atom. The number of nitrogens with zero attached hydrogens (tertiary/aromatic N) is 3. The first-order valence-electron chi connectivity index (χ1n) is 11.1. The van der Waals surface area contributed by atoms with Gasteiger partial charge in [-0.15, -0.1) is 0 Å². The second kappa shape index (κ2) is 10.2. The monoisotopic (exact) mass is 440 g/mol. The van der Waals surface area contributed by atoms with Crippen molar-refractivity contribution >= 4 is 16.8 Å². The molecule has 0 unspecified atom stereocenters. The fourth-order valence-corrected chi connectivity index (χ4v) is 3.93. The van der Waals surface area contributed by atoms with Crippen LogP contribution in [0.1, 0.15) is 35.0 Å². The lowest BCUT2D eigenvalue weighted by atomic mass is 10.0. The summed E-state index contributed by atoms with van der Waals surface area (Å²) >= 11 is 0. The summed E-state index contributed by atoms with van der Waals surface area (Å²) in [6, 6.07) is 19.9. The topological polar surface area (TPSA) is 81.3 Å². The summed E-state index contributed by atoms with van der Waals surface area (Å²) in [4.78, 5) is 22.9. The van der Waals surface area contributed by atoms with Crippen molar-refractivity contribution in [2.75, 3.05) is 13.6 Å². The van der Waals surface area contributed by atoms with Crippen LogP contribution in [0.4, 0.5) is 0 Å². The van der Waals surface area contributed by atoms with E-state index in [1.165, 1.54) is 5.56 Å². The minimum absolute atomic E-state index is 0.134. The van der Waals surface area contributed by atoms with Gasteiger partial charge in [0.05, 0.1) is 16.8 Å². The molecule has 1 amide bonds. The second-order valence-corrected chi connectivity index (χ2v) is 8.13. The van der Waals surface area contributed by atoms with E-state index in [0.717, 1.165) is 41.5 Å². The average molecular weight is 441 g/mol. The Balaban J connectivity index is 1.63. The molecule has 33 heavy (non-hydrogen) atoms. The number of hydrogen-bond acceptors (Lipinski definition) is 5. The van der Waals surface area contributed by atoms with Crippen LogP contribution < -0.4 is 10.5 Å². The quantitative estimate of drug-likeness (QED) is 0.404. The van der Waals surface area contributed by atoms with Gasteiger partial charge in [0.25, 0.3) is 5.91 Å². The van der Waals surface area contributed by atoms with Gasteiger partial charge in [-0.3, -0.25) is 14.8 Å². The molecule has 0 aliphatic rings. The lowest BCUT2D eigenvalue weighted by molar-refractivity contribution is 0.0997. The van der Waals surface area contributed by atoms with E-state index in [9.17, 15) is 4.79 Å². The SMILES string of the molecule is CCCN(C)Cc1ccc(-c2cc(OCc3ncccc3C(N)=O)c3cccnc3c2)cc1. The number of carbonyl (C=O) groups is 1. The number of hydrogen-bond donors (Lipinski definition) is 1. The Labute approximate surface area is 194 Å². The van der Waals surface area contributed by atoms with Crippen LogP contribution in [0.15, 0.2) is 73.1 Å². The lowest BCUT2D eigenvalue weighted by Gasteiger charge is -2.16. The molecule has 2 heterocycles. The molecule has 0 spiro atoms. The number of fused-ring (bicyclic) bond motifs is 1. The van der Waals surface area contributed by atoms with Crippen LogP contribution in [0.3, 0.4) is 0 Å². The van der Waals surface area contributed by atoms with Crippen LogP contribution in [0.5, 0.6) is 5.75 Å². The molecular weight excluding hydrogens is 412 g/mol. The van der Waals surface area contributed by atoms with E-state index in [1.54, 1.807) is 24.5 Å². The summed E-state index contributed by atoms with van der Waals surface area (Å²) in [5, 5.41) is 0.899. The highest BCUT2D eigenvalue weighted by atomic mass is 16.5. The first-order valence-corrected chi connectivity index (χ1v) is 11.1. The molecule has 168 valence electrons. The number of nitrogens with two attached hydrogens (primary N) is 1. The molecule has 0 saturated heterocycles. The third-order valence-electron chi connectivity index (χ3n) is 5.55. The summed E-state index contributed by atoms with van der Waals surface area (Å²) in [5.41, 5.74) is 10.6. The largest absolute Gasteiger partial charge is 0.487 e. The van der Waals surface area contributed by atoms with Crippen LogP contribution in [0.25, 0.3) is 22.0 Å². The molecule has 6 heteroatoms. The van der Waals surface area contributed by atoms with Gasteiger partial charge < -0.3 is 15.4 Å². The zero-order chi connectivity index (χ0) is 23.2. The van der Waals surface area contributed by atoms with Crippen molar-refractivity contribution in [2.24, 2.45) is 5.73 Å². The van der Waals surface area contributed by atoms with Gasteiger partial charge >= 0.3 is 0 Å². The Morgan fingerprint density at radius 3 is 2.52 bits per heavy atom. The fraction of sp³-hybridized carbons (Fsp3) is 0.222. The third kappa shape index (κ3) is 5.35. The highest BCUT2D eigenvalue weighted by Gasteiger charge is 2.12. The smallest absolute Gasteiger partial charge is 0.250 e. The molecule has 0 saturated carbocycles. The molecule has 2 N–H and O–H groups in total. The molecule has 0 atom stereocenters. The summed E-state index contributed by atoms with van der Waals surface area (Å²) < 4.78 is 6.14. The number of amides is 1. The summed E-state index contributed by atoms with van der Waals surface area (Å²) in [6.45, 7) is 4.32. The van der Waals surface area contributed by atoms with Crippen molar-refractivity contribution in [3.8, 4) is 16.9 Å². The molecule has 0 aliphatic carbocycles. The fourth-order valence-electron chi connectivity index (χ4n) is 3.93. The van der Waals surface area contributed by atoms with E-state index >= 15 is 0 Å². The maximum atomic E-state index is 11.7. The van der Waals surface area contributed by atoms with Crippen LogP contribution in [0, 0.1) is 0 Å². The number of pyridine rings is 2. The van der Waals surface area contributed by atoms with Crippen molar-refractivity contribution in [2.45, 2.75) is 26.5 Å². The molecule has 0 bridgehead atoms. The Morgan fingerprint density at radius 1 is 1.00 bits per heavy atom. The number of aromatic nitrogens is 2. The first kappa shape index (κ1) is 22.4. The zero-order valence-corrected chi connectivity index (χ0v) is 19.0. The molecule has 6 nitrogen and oxygen atoms in total. The third-order valence-corrected chi connectivity index (χ3v) is 5.55. The van der Waals surface area contributed by atoms with Crippen molar-refractivity contribution < 1.29 is 9.53 Å². The van der Waals surface area contributed by atoms with Gasteiger partial charge in [-0.25, -0.2) is 0 Å². The molecular formula is C27H28N4O2. The van der Waals surface area contributed by atoms with E-state index in [4.69, 9.17) is 10.5 Å². The number of rotatable bonds is 9. The van der Waals surface area contributed by atoms with Crippen molar-refractivity contribution in [3.05, 3.63) is 89.9 Å². The zero-order valence-electron chi connectivity index (χ0n) is 19.0. The molecule has 0 fully saturated rings. The molecule has 2 aromatic carbocycles. The number of ether oxygens (including phenoxy) is 1. The van der Waals surface area contributed by atoms with Gasteiger partial charge in [0, 0.05) is 24.3 Å². The minimum atomic E-state index is -0.522. The minimum Gasteiger partial charge on any atom is -0.487 e. The number of primary amides is 1. The van der Waals surface area contributed by atoms with Gasteiger partial charge in [-0.2, -0.15) is 0 Å². The Kier molecular flexibility index (Phi) is 6.95. The predicted molar refractivity (Wildman–Crippen MR) is 131 cm³/mol. The van der Waals surface area contributed by atoms with Gasteiger partial charge in [0.1, 0.15) is 12.4 Å². The summed E-state index contributed by atoms with van der Waals surface area (Å²) in [5.74, 6) is 0.162. The van der Waals surface area contributed by atoms with E-state index < -0.39 is 5.91 Å². The number of carbonyl (C=O) groups excluding carboxylic acids is 1. The molecule has 0 aliphatic heterocycles. The second-order valence-electron chi connectivity index (χ2n) is 8.13. The highest BCUT2D eigenvalue weighted by Crippen LogP contribution is 2.32. The highest BCUT2D eigenvalue weighted by molar-refractivity contribution is 5.94. The molecule has 0 radical (unpaired) electrons. The van der Waals surface area contributed by atoms with Gasteiger partial charge in [0.15, 0.2) is 0 Å². The van der Waals surface area contributed by atoms with Crippen LogP contribution in [-0.4, -0.2) is 34.4 Å². The van der Waals surface area contributed by atoms with E-state index in [-0.39, 0.29) is 6.61 Å². The molecule has 2 aromatic heterocycles. The van der Waals surface area contributed by atoms with E-state index in [2.05, 4.69) is 59.2 Å². The van der Waals surface area contributed by atoms with Gasteiger partial charge in [-0.1, -0.05) is 31.2 Å². The van der Waals surface area contributed by atoms with E-state index in [0.29, 0.717) is 17.0 Å². The van der Waals surface area contributed by atoms with Crippen LogP contribution in [0.2, 0.25) is 0 Å². The maximum absolute atomic E-state index is 11.7. The average Bonchev–Trinajstić information content (AvgIpc) is 2.83. The Bertz CT molecular complexity index is 1250. The van der Waals surface area contributed by atoms with E-state index in [1.807, 2.05) is 18.2 Å². The maximum Gasteiger partial charge on any atom is 0.250 e. The lowest BCUT2D eigenvalue weighted by Crippen LogP contribution is -2.18.